The highest BCUT2D eigenvalue weighted by molar-refractivity contribution is 14.0. The molecule has 1 unspecified atom stereocenters. The number of hydrogen-bond acceptors (Lipinski definition) is 4. The van der Waals surface area contributed by atoms with Gasteiger partial charge in [0.1, 0.15) is 5.01 Å². The van der Waals surface area contributed by atoms with Gasteiger partial charge in [-0.05, 0) is 59.9 Å². The van der Waals surface area contributed by atoms with Crippen molar-refractivity contribution in [2.24, 2.45) is 10.9 Å². The summed E-state index contributed by atoms with van der Waals surface area (Å²) in [6.45, 7) is 15.8. The van der Waals surface area contributed by atoms with E-state index in [4.69, 9.17) is 4.99 Å². The maximum atomic E-state index is 4.71. The van der Waals surface area contributed by atoms with Crippen molar-refractivity contribution in [2.45, 2.75) is 60.0 Å². The van der Waals surface area contributed by atoms with Crippen LogP contribution < -0.4 is 10.6 Å². The number of aromatic nitrogens is 1. The molecule has 0 aromatic carbocycles. The zero-order valence-electron chi connectivity index (χ0n) is 16.3. The Morgan fingerprint density at radius 1 is 1.36 bits per heavy atom. The lowest BCUT2D eigenvalue weighted by Gasteiger charge is -2.35. The molecule has 2 rings (SSSR count). The number of aliphatic imine (C=N–C) groups is 1. The number of hydrogen-bond donors (Lipinski definition) is 2. The van der Waals surface area contributed by atoms with Gasteiger partial charge in [0.2, 0.25) is 0 Å². The highest BCUT2D eigenvalue weighted by Gasteiger charge is 2.21. The maximum Gasteiger partial charge on any atom is 0.191 e. The molecule has 1 aliphatic heterocycles. The standard InChI is InChI=1S/C18H33N5S.HI/c1-6-19-18(21-11-17-22-14(4)15(5)24-17)20-10-16-8-7-9-23(12-16)13(2)3;/h13,16H,6-12H2,1-5H3,(H2,19,20,21);1H. The van der Waals surface area contributed by atoms with E-state index in [9.17, 15) is 0 Å². The molecule has 7 heteroatoms. The van der Waals surface area contributed by atoms with Gasteiger partial charge in [-0.2, -0.15) is 0 Å². The van der Waals surface area contributed by atoms with E-state index in [0.717, 1.165) is 29.8 Å². The second kappa shape index (κ2) is 11.3. The second-order valence-corrected chi connectivity index (χ2v) is 8.21. The van der Waals surface area contributed by atoms with Gasteiger partial charge in [-0.25, -0.2) is 9.98 Å². The number of halogens is 1. The first-order valence-electron chi connectivity index (χ1n) is 9.18. The first-order valence-corrected chi connectivity index (χ1v) is 10.00. The van der Waals surface area contributed by atoms with E-state index in [0.29, 0.717) is 18.5 Å². The minimum absolute atomic E-state index is 0. The van der Waals surface area contributed by atoms with E-state index in [-0.39, 0.29) is 24.0 Å². The maximum absolute atomic E-state index is 4.71. The molecular weight excluding hydrogens is 445 g/mol. The number of piperidine rings is 1. The molecule has 0 saturated carbocycles. The fourth-order valence-electron chi connectivity index (χ4n) is 3.07. The number of likely N-dealkylation sites (tertiary alicyclic amines) is 1. The summed E-state index contributed by atoms with van der Waals surface area (Å²) in [7, 11) is 0. The third-order valence-electron chi connectivity index (χ3n) is 4.63. The molecule has 1 aromatic heterocycles. The summed E-state index contributed by atoms with van der Waals surface area (Å²) in [4.78, 5) is 13.1. The normalized spacial score (nSPS) is 19.0. The van der Waals surface area contributed by atoms with Gasteiger partial charge in [-0.3, -0.25) is 0 Å². The predicted molar refractivity (Wildman–Crippen MR) is 119 cm³/mol. The number of nitrogens with zero attached hydrogens (tertiary/aromatic N) is 3. The van der Waals surface area contributed by atoms with Crippen LogP contribution in [-0.4, -0.2) is 48.1 Å². The molecule has 2 N–H and O–H groups in total. The molecule has 1 saturated heterocycles. The number of guanidine groups is 1. The lowest BCUT2D eigenvalue weighted by Crippen LogP contribution is -2.46. The van der Waals surface area contributed by atoms with Crippen molar-refractivity contribution >= 4 is 41.3 Å². The quantitative estimate of drug-likeness (QED) is 0.372. The Bertz CT molecular complexity index is 524. The molecular formula is C18H34IN5S. The topological polar surface area (TPSA) is 52.6 Å². The van der Waals surface area contributed by atoms with Crippen LogP contribution in [-0.2, 0) is 6.54 Å². The van der Waals surface area contributed by atoms with Crippen LogP contribution in [0.4, 0.5) is 0 Å². The van der Waals surface area contributed by atoms with Crippen molar-refractivity contribution in [2.75, 3.05) is 26.2 Å². The average molecular weight is 479 g/mol. The molecule has 0 aliphatic carbocycles. The lowest BCUT2D eigenvalue weighted by atomic mass is 9.97. The van der Waals surface area contributed by atoms with Crippen LogP contribution in [0.2, 0.25) is 0 Å². The predicted octanol–water partition coefficient (Wildman–Crippen LogP) is 3.55. The van der Waals surface area contributed by atoms with Crippen LogP contribution in [0.1, 0.15) is 49.2 Å². The van der Waals surface area contributed by atoms with Crippen LogP contribution in [0.5, 0.6) is 0 Å². The molecule has 1 aliphatic rings. The van der Waals surface area contributed by atoms with Gasteiger partial charge in [0.25, 0.3) is 0 Å². The Balaban J connectivity index is 0.00000312. The van der Waals surface area contributed by atoms with Crippen molar-refractivity contribution in [3.05, 3.63) is 15.6 Å². The summed E-state index contributed by atoms with van der Waals surface area (Å²) in [5, 5.41) is 7.97. The van der Waals surface area contributed by atoms with Gasteiger partial charge in [0, 0.05) is 30.6 Å². The van der Waals surface area contributed by atoms with E-state index in [1.165, 1.54) is 30.8 Å². The molecule has 0 radical (unpaired) electrons. The van der Waals surface area contributed by atoms with Crippen LogP contribution in [0.15, 0.2) is 4.99 Å². The summed E-state index contributed by atoms with van der Waals surface area (Å²) in [5.74, 6) is 1.61. The Labute approximate surface area is 174 Å². The molecule has 0 spiro atoms. The van der Waals surface area contributed by atoms with Gasteiger partial charge in [-0.1, -0.05) is 0 Å². The minimum Gasteiger partial charge on any atom is -0.357 e. The van der Waals surface area contributed by atoms with Crippen molar-refractivity contribution in [3.8, 4) is 0 Å². The van der Waals surface area contributed by atoms with Crippen LogP contribution in [0.3, 0.4) is 0 Å². The summed E-state index contributed by atoms with van der Waals surface area (Å²) < 4.78 is 0. The van der Waals surface area contributed by atoms with Crippen LogP contribution in [0, 0.1) is 19.8 Å². The molecule has 1 atom stereocenters. The molecule has 0 bridgehead atoms. The average Bonchev–Trinajstić information content (AvgIpc) is 2.88. The molecule has 0 amide bonds. The summed E-state index contributed by atoms with van der Waals surface area (Å²) in [6, 6.07) is 0.645. The van der Waals surface area contributed by atoms with Crippen LogP contribution in [0.25, 0.3) is 0 Å². The monoisotopic (exact) mass is 479 g/mol. The third-order valence-corrected chi connectivity index (χ3v) is 5.69. The van der Waals surface area contributed by atoms with Gasteiger partial charge < -0.3 is 15.5 Å². The molecule has 2 heterocycles. The zero-order valence-corrected chi connectivity index (χ0v) is 19.4. The van der Waals surface area contributed by atoms with Crippen LogP contribution >= 0.6 is 35.3 Å². The molecule has 5 nitrogen and oxygen atoms in total. The fraction of sp³-hybridized carbons (Fsp3) is 0.778. The second-order valence-electron chi connectivity index (χ2n) is 6.92. The molecule has 144 valence electrons. The van der Waals surface area contributed by atoms with Gasteiger partial charge in [-0.15, -0.1) is 35.3 Å². The Hall–Kier alpha value is -0.410. The SMILES string of the molecule is CCNC(=NCc1nc(C)c(C)s1)NCC1CCCN(C(C)C)C1.I. The Morgan fingerprint density at radius 3 is 2.72 bits per heavy atom. The van der Waals surface area contributed by atoms with E-state index in [1.54, 1.807) is 11.3 Å². The fourth-order valence-corrected chi connectivity index (χ4v) is 3.93. The van der Waals surface area contributed by atoms with E-state index in [2.05, 4.69) is 55.1 Å². The molecule has 25 heavy (non-hydrogen) atoms. The number of rotatable bonds is 6. The number of nitrogens with one attached hydrogen (secondary N) is 2. The zero-order chi connectivity index (χ0) is 17.5. The molecule has 1 aromatic rings. The van der Waals surface area contributed by atoms with Gasteiger partial charge in [0.15, 0.2) is 5.96 Å². The first kappa shape index (κ1) is 22.6. The Kier molecular flexibility index (Phi) is 10.3. The summed E-state index contributed by atoms with van der Waals surface area (Å²) in [6.07, 6.45) is 2.61. The summed E-state index contributed by atoms with van der Waals surface area (Å²) >= 11 is 1.74. The van der Waals surface area contributed by atoms with Crippen molar-refractivity contribution in [1.29, 1.82) is 0 Å². The van der Waals surface area contributed by atoms with Gasteiger partial charge >= 0.3 is 0 Å². The number of aryl methyl sites for hydroxylation is 2. The Morgan fingerprint density at radius 2 is 2.12 bits per heavy atom. The third kappa shape index (κ3) is 7.38. The minimum atomic E-state index is 0. The van der Waals surface area contributed by atoms with Crippen molar-refractivity contribution in [3.63, 3.8) is 0 Å². The summed E-state index contributed by atoms with van der Waals surface area (Å²) in [5.41, 5.74) is 1.12. The van der Waals surface area contributed by atoms with Crippen molar-refractivity contribution in [1.82, 2.24) is 20.5 Å². The first-order chi connectivity index (χ1) is 11.5. The molecule has 1 fully saturated rings. The highest BCUT2D eigenvalue weighted by atomic mass is 127. The smallest absolute Gasteiger partial charge is 0.191 e. The van der Waals surface area contributed by atoms with Crippen molar-refractivity contribution < 1.29 is 0 Å². The van der Waals surface area contributed by atoms with E-state index >= 15 is 0 Å². The van der Waals surface area contributed by atoms with E-state index < -0.39 is 0 Å². The number of thiazole rings is 1. The highest BCUT2D eigenvalue weighted by Crippen LogP contribution is 2.18. The van der Waals surface area contributed by atoms with Gasteiger partial charge in [0.05, 0.1) is 12.2 Å². The lowest BCUT2D eigenvalue weighted by molar-refractivity contribution is 0.141. The largest absolute Gasteiger partial charge is 0.357 e. The van der Waals surface area contributed by atoms with E-state index in [1.807, 2.05) is 0 Å².